The number of ether oxygens (including phenoxy) is 1. The lowest BCUT2D eigenvalue weighted by atomic mass is 9.82. The van der Waals surface area contributed by atoms with Crippen molar-refractivity contribution in [2.45, 2.75) is 19.8 Å². The average molecular weight is 313 g/mol. The van der Waals surface area contributed by atoms with Gasteiger partial charge in [0.25, 0.3) is 5.91 Å². The summed E-state index contributed by atoms with van der Waals surface area (Å²) in [6.07, 6.45) is 3.61. The summed E-state index contributed by atoms with van der Waals surface area (Å²) < 4.78 is 6.02. The Bertz CT molecular complexity index is 431. The fraction of sp³-hybridized carbons (Fsp3) is 0.538. The third-order valence-electron chi connectivity index (χ3n) is 3.36. The minimum absolute atomic E-state index is 0.0502. The number of nitrogens with one attached hydrogen (secondary N) is 1. The molecule has 1 aliphatic heterocycles. The molecular weight excluding hydrogens is 296 g/mol. The first kappa shape index (κ1) is 13.5. The van der Waals surface area contributed by atoms with Crippen molar-refractivity contribution in [2.75, 3.05) is 19.8 Å². The van der Waals surface area contributed by atoms with Crippen molar-refractivity contribution < 1.29 is 9.53 Å². The molecule has 5 heteroatoms. The van der Waals surface area contributed by atoms with E-state index in [9.17, 15) is 4.79 Å². The van der Waals surface area contributed by atoms with Gasteiger partial charge >= 0.3 is 0 Å². The Morgan fingerprint density at radius 3 is 2.94 bits per heavy atom. The van der Waals surface area contributed by atoms with Crippen LogP contribution in [0.25, 0.3) is 0 Å². The molecule has 1 N–H and O–H groups in total. The van der Waals surface area contributed by atoms with E-state index in [0.29, 0.717) is 16.7 Å². The number of amides is 1. The van der Waals surface area contributed by atoms with Gasteiger partial charge in [0, 0.05) is 31.5 Å². The highest BCUT2D eigenvalue weighted by atomic mass is 79.9. The molecule has 0 atom stereocenters. The molecule has 1 fully saturated rings. The van der Waals surface area contributed by atoms with E-state index in [1.54, 1.807) is 18.3 Å². The molecule has 2 rings (SSSR count). The molecule has 2 heterocycles. The minimum Gasteiger partial charge on any atom is -0.381 e. The molecule has 1 aromatic heterocycles. The SMILES string of the molecule is CC1(CNC(=O)c2ccnc(Br)c2)CCOCC1. The van der Waals surface area contributed by atoms with Gasteiger partial charge in [-0.25, -0.2) is 4.98 Å². The van der Waals surface area contributed by atoms with Crippen LogP contribution in [0.1, 0.15) is 30.1 Å². The van der Waals surface area contributed by atoms with Crippen LogP contribution in [0.4, 0.5) is 0 Å². The van der Waals surface area contributed by atoms with Crippen molar-refractivity contribution in [3.05, 3.63) is 28.5 Å². The van der Waals surface area contributed by atoms with Crippen LogP contribution in [-0.2, 0) is 4.74 Å². The monoisotopic (exact) mass is 312 g/mol. The van der Waals surface area contributed by atoms with Crippen molar-refractivity contribution >= 4 is 21.8 Å². The predicted octanol–water partition coefficient (Wildman–Crippen LogP) is 2.39. The van der Waals surface area contributed by atoms with E-state index in [2.05, 4.69) is 33.2 Å². The van der Waals surface area contributed by atoms with Crippen molar-refractivity contribution in [1.29, 1.82) is 0 Å². The van der Waals surface area contributed by atoms with E-state index >= 15 is 0 Å². The summed E-state index contributed by atoms with van der Waals surface area (Å²) in [5.41, 5.74) is 0.783. The largest absolute Gasteiger partial charge is 0.381 e. The number of pyridine rings is 1. The van der Waals surface area contributed by atoms with E-state index < -0.39 is 0 Å². The summed E-state index contributed by atoms with van der Waals surface area (Å²) in [6.45, 7) is 4.45. The molecule has 1 saturated heterocycles. The van der Waals surface area contributed by atoms with E-state index in [1.807, 2.05) is 0 Å². The molecule has 0 spiro atoms. The normalized spacial score (nSPS) is 18.3. The van der Waals surface area contributed by atoms with E-state index in [4.69, 9.17) is 4.74 Å². The first-order chi connectivity index (χ1) is 8.59. The number of aromatic nitrogens is 1. The number of halogens is 1. The summed E-state index contributed by atoms with van der Waals surface area (Å²) in [5.74, 6) is -0.0502. The van der Waals surface area contributed by atoms with E-state index in [-0.39, 0.29) is 11.3 Å². The predicted molar refractivity (Wildman–Crippen MR) is 72.4 cm³/mol. The summed E-state index contributed by atoms with van der Waals surface area (Å²) >= 11 is 3.26. The zero-order valence-electron chi connectivity index (χ0n) is 10.4. The van der Waals surface area contributed by atoms with Gasteiger partial charge in [0.1, 0.15) is 4.60 Å². The van der Waals surface area contributed by atoms with Crippen LogP contribution >= 0.6 is 15.9 Å². The second-order valence-electron chi connectivity index (χ2n) is 4.97. The van der Waals surface area contributed by atoms with Gasteiger partial charge in [-0.1, -0.05) is 6.92 Å². The Kier molecular flexibility index (Phi) is 4.35. The molecule has 0 aromatic carbocycles. The molecule has 4 nitrogen and oxygen atoms in total. The third-order valence-corrected chi connectivity index (χ3v) is 3.80. The lowest BCUT2D eigenvalue weighted by molar-refractivity contribution is 0.0238. The van der Waals surface area contributed by atoms with Crippen molar-refractivity contribution in [2.24, 2.45) is 5.41 Å². The average Bonchev–Trinajstić information content (AvgIpc) is 2.37. The summed E-state index contributed by atoms with van der Waals surface area (Å²) in [4.78, 5) is 16.0. The van der Waals surface area contributed by atoms with Crippen molar-refractivity contribution in [1.82, 2.24) is 10.3 Å². The zero-order chi connectivity index (χ0) is 13.0. The first-order valence-corrected chi connectivity index (χ1v) is 6.86. The maximum absolute atomic E-state index is 12.0. The Morgan fingerprint density at radius 2 is 2.28 bits per heavy atom. The van der Waals surface area contributed by atoms with E-state index in [0.717, 1.165) is 26.1 Å². The van der Waals surface area contributed by atoms with Crippen molar-refractivity contribution in [3.8, 4) is 0 Å². The topological polar surface area (TPSA) is 51.2 Å². The fourth-order valence-corrected chi connectivity index (χ4v) is 2.35. The van der Waals surface area contributed by atoms with Gasteiger partial charge in [-0.05, 0) is 46.3 Å². The molecule has 0 aliphatic carbocycles. The zero-order valence-corrected chi connectivity index (χ0v) is 12.0. The Balaban J connectivity index is 1.92. The highest BCUT2D eigenvalue weighted by molar-refractivity contribution is 9.10. The van der Waals surface area contributed by atoms with E-state index in [1.165, 1.54) is 0 Å². The molecule has 98 valence electrons. The lowest BCUT2D eigenvalue weighted by Crippen LogP contribution is -2.39. The highest BCUT2D eigenvalue weighted by Crippen LogP contribution is 2.28. The molecule has 0 radical (unpaired) electrons. The van der Waals surface area contributed by atoms with Gasteiger partial charge < -0.3 is 10.1 Å². The van der Waals surface area contributed by atoms with Crippen LogP contribution in [0.15, 0.2) is 22.9 Å². The molecule has 1 aliphatic rings. The van der Waals surface area contributed by atoms with Gasteiger partial charge in [0.15, 0.2) is 0 Å². The standard InChI is InChI=1S/C13H17BrN2O2/c1-13(3-6-18-7-4-13)9-16-12(17)10-2-5-15-11(14)8-10/h2,5,8H,3-4,6-7,9H2,1H3,(H,16,17). The van der Waals surface area contributed by atoms with Crippen LogP contribution in [-0.4, -0.2) is 30.6 Å². The maximum atomic E-state index is 12.0. The molecular formula is C13H17BrN2O2. The maximum Gasteiger partial charge on any atom is 0.251 e. The summed E-state index contributed by atoms with van der Waals surface area (Å²) in [5, 5.41) is 2.99. The van der Waals surface area contributed by atoms with Crippen LogP contribution in [0.2, 0.25) is 0 Å². The molecule has 18 heavy (non-hydrogen) atoms. The summed E-state index contributed by atoms with van der Waals surface area (Å²) in [7, 11) is 0. The Morgan fingerprint density at radius 1 is 1.56 bits per heavy atom. The van der Waals surface area contributed by atoms with Crippen molar-refractivity contribution in [3.63, 3.8) is 0 Å². The fourth-order valence-electron chi connectivity index (χ4n) is 1.98. The first-order valence-electron chi connectivity index (χ1n) is 6.07. The molecule has 0 bridgehead atoms. The second-order valence-corrected chi connectivity index (χ2v) is 5.79. The molecule has 1 amide bonds. The Hall–Kier alpha value is -0.940. The molecule has 1 aromatic rings. The number of nitrogens with zero attached hydrogens (tertiary/aromatic N) is 1. The number of carbonyl (C=O) groups excluding carboxylic acids is 1. The number of rotatable bonds is 3. The third kappa shape index (κ3) is 3.53. The van der Waals surface area contributed by atoms with Gasteiger partial charge in [-0.3, -0.25) is 4.79 Å². The molecule has 0 saturated carbocycles. The van der Waals surface area contributed by atoms with Crippen LogP contribution in [0.3, 0.4) is 0 Å². The van der Waals surface area contributed by atoms with Crippen LogP contribution in [0, 0.1) is 5.41 Å². The van der Waals surface area contributed by atoms with Gasteiger partial charge in [0.05, 0.1) is 0 Å². The quantitative estimate of drug-likeness (QED) is 0.872. The van der Waals surface area contributed by atoms with Gasteiger partial charge in [-0.15, -0.1) is 0 Å². The lowest BCUT2D eigenvalue weighted by Gasteiger charge is -2.33. The van der Waals surface area contributed by atoms with Gasteiger partial charge in [0.2, 0.25) is 0 Å². The summed E-state index contributed by atoms with van der Waals surface area (Å²) in [6, 6.07) is 3.44. The number of hydrogen-bond acceptors (Lipinski definition) is 3. The Labute approximate surface area is 115 Å². The highest BCUT2D eigenvalue weighted by Gasteiger charge is 2.27. The van der Waals surface area contributed by atoms with Crippen LogP contribution in [0.5, 0.6) is 0 Å². The molecule has 0 unspecified atom stereocenters. The van der Waals surface area contributed by atoms with Gasteiger partial charge in [-0.2, -0.15) is 0 Å². The number of hydrogen-bond donors (Lipinski definition) is 1. The smallest absolute Gasteiger partial charge is 0.251 e. The van der Waals surface area contributed by atoms with Crippen LogP contribution < -0.4 is 5.32 Å². The second kappa shape index (κ2) is 5.80. The minimum atomic E-state index is -0.0502. The number of carbonyl (C=O) groups is 1.